The molecule has 0 heterocycles. The summed E-state index contributed by atoms with van der Waals surface area (Å²) in [5, 5.41) is 6.42. The number of benzene rings is 2. The van der Waals surface area contributed by atoms with Crippen LogP contribution in [0.1, 0.15) is 10.4 Å². The first-order chi connectivity index (χ1) is 10.1. The van der Waals surface area contributed by atoms with E-state index in [1.54, 1.807) is 12.1 Å². The molecule has 2 aromatic carbocycles. The van der Waals surface area contributed by atoms with Crippen molar-refractivity contribution in [2.75, 3.05) is 20.1 Å². The van der Waals surface area contributed by atoms with Crippen molar-refractivity contribution < 1.29 is 4.79 Å². The van der Waals surface area contributed by atoms with E-state index in [9.17, 15) is 4.79 Å². The van der Waals surface area contributed by atoms with E-state index in [2.05, 4.69) is 10.6 Å². The van der Waals surface area contributed by atoms with Gasteiger partial charge in [0.05, 0.1) is 15.6 Å². The number of carbonyl (C=O) groups excluding carboxylic acids is 1. The first-order valence-electron chi connectivity index (χ1n) is 6.60. The molecule has 0 saturated heterocycles. The Hall–Kier alpha value is -1.55. The summed E-state index contributed by atoms with van der Waals surface area (Å²) >= 11 is 12.5. The summed E-state index contributed by atoms with van der Waals surface area (Å²) in [5.41, 5.74) is 2.20. The van der Waals surface area contributed by atoms with E-state index < -0.39 is 0 Å². The summed E-state index contributed by atoms with van der Waals surface area (Å²) in [7, 11) is 1.82. The molecule has 0 radical (unpaired) electrons. The second-order valence-electron chi connectivity index (χ2n) is 4.54. The summed E-state index contributed by atoms with van der Waals surface area (Å²) in [4.78, 5) is 12.1. The van der Waals surface area contributed by atoms with Crippen molar-refractivity contribution in [3.63, 3.8) is 0 Å². The highest BCUT2D eigenvalue weighted by Crippen LogP contribution is 2.31. The van der Waals surface area contributed by atoms with E-state index in [0.29, 0.717) is 28.7 Å². The molecule has 0 unspecified atom stereocenters. The Balaban J connectivity index is 2.27. The van der Waals surface area contributed by atoms with E-state index >= 15 is 0 Å². The molecule has 110 valence electrons. The standard InChI is InChI=1S/C16H16Cl2N2O/c1-19-7-8-20-16(21)15-13(17)9-12(10-14(15)18)11-5-3-2-4-6-11/h2-6,9-10,19H,7-8H2,1H3,(H,20,21). The van der Waals surface area contributed by atoms with Crippen molar-refractivity contribution in [2.24, 2.45) is 0 Å². The van der Waals surface area contributed by atoms with Crippen molar-refractivity contribution in [1.29, 1.82) is 0 Å². The number of nitrogens with one attached hydrogen (secondary N) is 2. The highest BCUT2D eigenvalue weighted by Gasteiger charge is 2.16. The van der Waals surface area contributed by atoms with Crippen LogP contribution < -0.4 is 10.6 Å². The van der Waals surface area contributed by atoms with Crippen LogP contribution in [0.2, 0.25) is 10.0 Å². The fourth-order valence-electron chi connectivity index (χ4n) is 1.98. The normalized spacial score (nSPS) is 10.4. The van der Waals surface area contributed by atoms with E-state index in [-0.39, 0.29) is 5.91 Å². The zero-order valence-electron chi connectivity index (χ0n) is 11.6. The lowest BCUT2D eigenvalue weighted by Gasteiger charge is -2.11. The van der Waals surface area contributed by atoms with Crippen LogP contribution >= 0.6 is 23.2 Å². The lowest BCUT2D eigenvalue weighted by Crippen LogP contribution is -2.30. The van der Waals surface area contributed by atoms with Gasteiger partial charge in [-0.2, -0.15) is 0 Å². The van der Waals surface area contributed by atoms with Crippen LogP contribution in [0.4, 0.5) is 0 Å². The SMILES string of the molecule is CNCCNC(=O)c1c(Cl)cc(-c2ccccc2)cc1Cl. The van der Waals surface area contributed by atoms with Crippen LogP contribution in [-0.4, -0.2) is 26.0 Å². The Morgan fingerprint density at radius 3 is 2.19 bits per heavy atom. The van der Waals surface area contributed by atoms with Crippen molar-refractivity contribution in [1.82, 2.24) is 10.6 Å². The highest BCUT2D eigenvalue weighted by molar-refractivity contribution is 6.40. The highest BCUT2D eigenvalue weighted by atomic mass is 35.5. The number of hydrogen-bond donors (Lipinski definition) is 2. The second kappa shape index (κ2) is 7.46. The lowest BCUT2D eigenvalue weighted by molar-refractivity contribution is 0.0954. The van der Waals surface area contributed by atoms with Crippen molar-refractivity contribution in [3.05, 3.63) is 58.1 Å². The van der Waals surface area contributed by atoms with E-state index in [0.717, 1.165) is 11.1 Å². The topological polar surface area (TPSA) is 41.1 Å². The number of amides is 1. The van der Waals surface area contributed by atoms with E-state index in [4.69, 9.17) is 23.2 Å². The zero-order chi connectivity index (χ0) is 15.2. The number of hydrogen-bond acceptors (Lipinski definition) is 2. The monoisotopic (exact) mass is 322 g/mol. The predicted octanol–water partition coefficient (Wildman–Crippen LogP) is 3.61. The average Bonchev–Trinajstić information content (AvgIpc) is 2.47. The number of halogens is 2. The molecular formula is C16H16Cl2N2O. The average molecular weight is 323 g/mol. The third kappa shape index (κ3) is 3.97. The molecule has 0 spiro atoms. The molecular weight excluding hydrogens is 307 g/mol. The van der Waals surface area contributed by atoms with E-state index in [1.165, 1.54) is 0 Å². The Labute approximate surface area is 134 Å². The maximum Gasteiger partial charge on any atom is 0.254 e. The van der Waals surface area contributed by atoms with Gasteiger partial charge in [-0.1, -0.05) is 53.5 Å². The fourth-order valence-corrected chi connectivity index (χ4v) is 2.64. The quantitative estimate of drug-likeness (QED) is 0.826. The largest absolute Gasteiger partial charge is 0.351 e. The summed E-state index contributed by atoms with van der Waals surface area (Å²) < 4.78 is 0. The fraction of sp³-hybridized carbons (Fsp3) is 0.188. The molecule has 1 amide bonds. The number of rotatable bonds is 5. The number of likely N-dealkylation sites (N-methyl/N-ethyl adjacent to an activating group) is 1. The Morgan fingerprint density at radius 2 is 1.62 bits per heavy atom. The van der Waals surface area contributed by atoms with Crippen molar-refractivity contribution in [3.8, 4) is 11.1 Å². The van der Waals surface area contributed by atoms with Gasteiger partial charge in [0, 0.05) is 13.1 Å². The molecule has 21 heavy (non-hydrogen) atoms. The summed E-state index contributed by atoms with van der Waals surface area (Å²) in [6, 6.07) is 13.3. The van der Waals surface area contributed by atoms with Gasteiger partial charge in [0.25, 0.3) is 5.91 Å². The minimum atomic E-state index is -0.264. The summed E-state index contributed by atoms with van der Waals surface area (Å²) in [6.45, 7) is 1.20. The second-order valence-corrected chi connectivity index (χ2v) is 5.35. The molecule has 2 rings (SSSR count). The smallest absolute Gasteiger partial charge is 0.254 e. The van der Waals surface area contributed by atoms with Gasteiger partial charge in [0.15, 0.2) is 0 Å². The van der Waals surface area contributed by atoms with Crippen LogP contribution in [0.25, 0.3) is 11.1 Å². The maximum atomic E-state index is 12.1. The van der Waals surface area contributed by atoms with Crippen LogP contribution in [0.3, 0.4) is 0 Å². The Bertz CT molecular complexity index is 606. The van der Waals surface area contributed by atoms with Gasteiger partial charge in [-0.25, -0.2) is 0 Å². The molecule has 0 aromatic heterocycles. The first kappa shape index (κ1) is 15.8. The summed E-state index contributed by atoms with van der Waals surface area (Å²) in [6.07, 6.45) is 0. The molecule has 0 aliphatic rings. The molecule has 0 bridgehead atoms. The molecule has 5 heteroatoms. The van der Waals surface area contributed by atoms with Crippen molar-refractivity contribution in [2.45, 2.75) is 0 Å². The molecule has 2 N–H and O–H groups in total. The van der Waals surface area contributed by atoms with Gasteiger partial charge in [-0.3, -0.25) is 4.79 Å². The number of carbonyl (C=O) groups is 1. The first-order valence-corrected chi connectivity index (χ1v) is 7.36. The van der Waals surface area contributed by atoms with Crippen LogP contribution in [0.15, 0.2) is 42.5 Å². The maximum absolute atomic E-state index is 12.1. The van der Waals surface area contributed by atoms with Gasteiger partial charge in [0.1, 0.15) is 0 Å². The van der Waals surface area contributed by atoms with Crippen LogP contribution in [-0.2, 0) is 0 Å². The minimum absolute atomic E-state index is 0.264. The molecule has 0 aliphatic carbocycles. The lowest BCUT2D eigenvalue weighted by atomic mass is 10.0. The molecule has 0 fully saturated rings. The third-order valence-electron chi connectivity index (χ3n) is 3.04. The Kier molecular flexibility index (Phi) is 5.62. The van der Waals surface area contributed by atoms with Gasteiger partial charge in [-0.15, -0.1) is 0 Å². The van der Waals surface area contributed by atoms with Crippen LogP contribution in [0.5, 0.6) is 0 Å². The van der Waals surface area contributed by atoms with Gasteiger partial charge < -0.3 is 10.6 Å². The molecule has 0 atom stereocenters. The Morgan fingerprint density at radius 1 is 1.00 bits per heavy atom. The van der Waals surface area contributed by atoms with Gasteiger partial charge >= 0.3 is 0 Å². The third-order valence-corrected chi connectivity index (χ3v) is 3.63. The minimum Gasteiger partial charge on any atom is -0.351 e. The molecule has 0 aliphatic heterocycles. The van der Waals surface area contributed by atoms with E-state index in [1.807, 2.05) is 37.4 Å². The molecule has 2 aromatic rings. The van der Waals surface area contributed by atoms with Gasteiger partial charge in [-0.05, 0) is 30.3 Å². The molecule has 0 saturated carbocycles. The van der Waals surface area contributed by atoms with Crippen LogP contribution in [0, 0.1) is 0 Å². The van der Waals surface area contributed by atoms with Gasteiger partial charge in [0.2, 0.25) is 0 Å². The van der Waals surface area contributed by atoms with Crippen molar-refractivity contribution >= 4 is 29.1 Å². The predicted molar refractivity (Wildman–Crippen MR) is 88.2 cm³/mol. The zero-order valence-corrected chi connectivity index (χ0v) is 13.1. The molecule has 3 nitrogen and oxygen atoms in total. The summed E-state index contributed by atoms with van der Waals surface area (Å²) in [5.74, 6) is -0.264.